The van der Waals surface area contributed by atoms with Gasteiger partial charge in [0.2, 0.25) is 0 Å². The number of terminal acetylenes is 1. The Hall–Kier alpha value is -2.15. The van der Waals surface area contributed by atoms with Gasteiger partial charge in [-0.2, -0.15) is 0 Å². The molecule has 0 aliphatic carbocycles. The average molecular weight is 260 g/mol. The van der Waals surface area contributed by atoms with Crippen molar-refractivity contribution in [3.63, 3.8) is 0 Å². The second-order valence-electron chi connectivity index (χ2n) is 4.09. The zero-order chi connectivity index (χ0) is 14.1. The molecule has 2 N–H and O–H groups in total. The third-order valence-electron chi connectivity index (χ3n) is 2.79. The molecule has 0 aliphatic rings. The molecule has 0 radical (unpaired) electrons. The molecule has 0 heterocycles. The van der Waals surface area contributed by atoms with Crippen LogP contribution in [0.3, 0.4) is 0 Å². The molecule has 0 aliphatic heterocycles. The van der Waals surface area contributed by atoms with Gasteiger partial charge in [0.25, 0.3) is 0 Å². The fourth-order valence-corrected chi connectivity index (χ4v) is 1.69. The number of amides is 2. The van der Waals surface area contributed by atoms with E-state index in [9.17, 15) is 4.79 Å². The Morgan fingerprint density at radius 1 is 1.47 bits per heavy atom. The first-order chi connectivity index (χ1) is 9.21. The van der Waals surface area contributed by atoms with Crippen LogP contribution in [0.15, 0.2) is 24.3 Å². The number of benzene rings is 1. The Labute approximate surface area is 114 Å². The van der Waals surface area contributed by atoms with Gasteiger partial charge in [-0.15, -0.1) is 6.42 Å². The Kier molecular flexibility index (Phi) is 6.31. The van der Waals surface area contributed by atoms with Gasteiger partial charge in [0.05, 0.1) is 13.2 Å². The summed E-state index contributed by atoms with van der Waals surface area (Å²) >= 11 is 0. The molecule has 1 atom stereocenters. The zero-order valence-corrected chi connectivity index (χ0v) is 11.4. The standard InChI is InChI=1S/C15H20N2O2/c1-4-13(5-2)17-15(18)16-11-10-12-8-6-7-9-14(12)19-3/h1,6-9,13H,5,10-11H2,2-3H3,(H2,16,17,18). The predicted molar refractivity (Wildman–Crippen MR) is 76.1 cm³/mol. The number of urea groups is 1. The van der Waals surface area contributed by atoms with E-state index in [0.717, 1.165) is 17.7 Å². The van der Waals surface area contributed by atoms with Gasteiger partial charge in [-0.3, -0.25) is 0 Å². The lowest BCUT2D eigenvalue weighted by Crippen LogP contribution is -2.41. The number of hydrogen-bond donors (Lipinski definition) is 2. The molecule has 4 heteroatoms. The number of carbonyl (C=O) groups is 1. The van der Waals surface area contributed by atoms with Gasteiger partial charge in [-0.25, -0.2) is 4.79 Å². The fourth-order valence-electron chi connectivity index (χ4n) is 1.69. The normalized spacial score (nSPS) is 11.2. The molecule has 0 saturated carbocycles. The van der Waals surface area contributed by atoms with Gasteiger partial charge < -0.3 is 15.4 Å². The Balaban J connectivity index is 2.38. The molecule has 1 aromatic rings. The summed E-state index contributed by atoms with van der Waals surface area (Å²) in [6.45, 7) is 2.47. The minimum absolute atomic E-state index is 0.216. The molecular weight excluding hydrogens is 240 g/mol. The summed E-state index contributed by atoms with van der Waals surface area (Å²) in [4.78, 5) is 11.6. The number of rotatable bonds is 6. The SMILES string of the molecule is C#CC(CC)NC(=O)NCCc1ccccc1OC. The Bertz CT molecular complexity index is 452. The van der Waals surface area contributed by atoms with Gasteiger partial charge >= 0.3 is 6.03 Å². The van der Waals surface area contributed by atoms with Crippen molar-refractivity contribution < 1.29 is 9.53 Å². The van der Waals surface area contributed by atoms with Crippen molar-refractivity contribution in [1.29, 1.82) is 0 Å². The predicted octanol–water partition coefficient (Wildman–Crippen LogP) is 1.95. The lowest BCUT2D eigenvalue weighted by atomic mass is 10.1. The van der Waals surface area contributed by atoms with Crippen molar-refractivity contribution in [2.75, 3.05) is 13.7 Å². The van der Waals surface area contributed by atoms with E-state index in [1.54, 1.807) is 7.11 Å². The lowest BCUT2D eigenvalue weighted by molar-refractivity contribution is 0.239. The zero-order valence-electron chi connectivity index (χ0n) is 11.4. The topological polar surface area (TPSA) is 50.4 Å². The second kappa shape index (κ2) is 8.04. The summed E-state index contributed by atoms with van der Waals surface area (Å²) in [5, 5.41) is 5.49. The molecule has 0 aromatic heterocycles. The fraction of sp³-hybridized carbons (Fsp3) is 0.400. The van der Waals surface area contributed by atoms with Gasteiger partial charge in [-0.1, -0.05) is 31.0 Å². The maximum atomic E-state index is 11.6. The highest BCUT2D eigenvalue weighted by atomic mass is 16.5. The number of para-hydroxylation sites is 1. The van der Waals surface area contributed by atoms with Crippen molar-refractivity contribution in [3.05, 3.63) is 29.8 Å². The lowest BCUT2D eigenvalue weighted by Gasteiger charge is -2.12. The van der Waals surface area contributed by atoms with E-state index in [4.69, 9.17) is 11.2 Å². The molecule has 1 unspecified atom stereocenters. The summed E-state index contributed by atoms with van der Waals surface area (Å²) in [6.07, 6.45) is 6.71. The third kappa shape index (κ3) is 4.92. The number of hydrogen-bond acceptors (Lipinski definition) is 2. The van der Waals surface area contributed by atoms with E-state index in [0.29, 0.717) is 13.0 Å². The van der Waals surface area contributed by atoms with E-state index in [1.165, 1.54) is 0 Å². The van der Waals surface area contributed by atoms with Gasteiger partial charge in [0.1, 0.15) is 5.75 Å². The van der Waals surface area contributed by atoms with Crippen LogP contribution >= 0.6 is 0 Å². The van der Waals surface area contributed by atoms with Crippen LogP contribution in [0, 0.1) is 12.3 Å². The quantitative estimate of drug-likeness (QED) is 0.768. The number of ether oxygens (including phenoxy) is 1. The van der Waals surface area contributed by atoms with E-state index >= 15 is 0 Å². The van der Waals surface area contributed by atoms with Crippen LogP contribution < -0.4 is 15.4 Å². The maximum Gasteiger partial charge on any atom is 0.315 e. The molecule has 0 fully saturated rings. The first kappa shape index (κ1) is 14.9. The first-order valence-corrected chi connectivity index (χ1v) is 6.33. The molecule has 1 aromatic carbocycles. The molecule has 4 nitrogen and oxygen atoms in total. The highest BCUT2D eigenvalue weighted by Gasteiger charge is 2.07. The van der Waals surface area contributed by atoms with Crippen molar-refractivity contribution in [2.45, 2.75) is 25.8 Å². The van der Waals surface area contributed by atoms with Crippen LogP contribution in [0.5, 0.6) is 5.75 Å². The van der Waals surface area contributed by atoms with E-state index in [-0.39, 0.29) is 12.1 Å². The summed E-state index contributed by atoms with van der Waals surface area (Å²) < 4.78 is 5.25. The first-order valence-electron chi connectivity index (χ1n) is 6.33. The number of nitrogens with one attached hydrogen (secondary N) is 2. The summed E-state index contributed by atoms with van der Waals surface area (Å²) in [6, 6.07) is 7.30. The van der Waals surface area contributed by atoms with E-state index in [2.05, 4.69) is 16.6 Å². The summed E-state index contributed by atoms with van der Waals surface area (Å²) in [5.74, 6) is 3.35. The third-order valence-corrected chi connectivity index (χ3v) is 2.79. The minimum atomic E-state index is -0.236. The highest BCUT2D eigenvalue weighted by Crippen LogP contribution is 2.17. The van der Waals surface area contributed by atoms with Crippen molar-refractivity contribution >= 4 is 6.03 Å². The Morgan fingerprint density at radius 3 is 2.84 bits per heavy atom. The van der Waals surface area contributed by atoms with Gasteiger partial charge in [-0.05, 0) is 24.5 Å². The average Bonchev–Trinajstić information content (AvgIpc) is 2.45. The monoisotopic (exact) mass is 260 g/mol. The molecule has 2 amide bonds. The van der Waals surface area contributed by atoms with Crippen LogP contribution in [-0.2, 0) is 6.42 Å². The highest BCUT2D eigenvalue weighted by molar-refractivity contribution is 5.74. The van der Waals surface area contributed by atoms with Gasteiger partial charge in [0, 0.05) is 6.54 Å². The van der Waals surface area contributed by atoms with Crippen LogP contribution in [0.2, 0.25) is 0 Å². The largest absolute Gasteiger partial charge is 0.496 e. The van der Waals surface area contributed by atoms with Crippen LogP contribution in [0.4, 0.5) is 4.79 Å². The van der Waals surface area contributed by atoms with Crippen LogP contribution in [-0.4, -0.2) is 25.7 Å². The second-order valence-corrected chi connectivity index (χ2v) is 4.09. The van der Waals surface area contributed by atoms with Crippen LogP contribution in [0.25, 0.3) is 0 Å². The van der Waals surface area contributed by atoms with Crippen LogP contribution in [0.1, 0.15) is 18.9 Å². The Morgan fingerprint density at radius 2 is 2.21 bits per heavy atom. The summed E-state index contributed by atoms with van der Waals surface area (Å²) in [5.41, 5.74) is 1.06. The molecule has 19 heavy (non-hydrogen) atoms. The number of methoxy groups -OCH3 is 1. The minimum Gasteiger partial charge on any atom is -0.496 e. The molecule has 0 spiro atoms. The van der Waals surface area contributed by atoms with E-state index < -0.39 is 0 Å². The van der Waals surface area contributed by atoms with Crippen molar-refractivity contribution in [3.8, 4) is 18.1 Å². The maximum absolute atomic E-state index is 11.6. The molecule has 1 rings (SSSR count). The van der Waals surface area contributed by atoms with Gasteiger partial charge in [0.15, 0.2) is 0 Å². The number of carbonyl (C=O) groups excluding carboxylic acids is 1. The molecule has 0 saturated heterocycles. The molecule has 0 bridgehead atoms. The van der Waals surface area contributed by atoms with Crippen molar-refractivity contribution in [2.24, 2.45) is 0 Å². The molecular formula is C15H20N2O2. The smallest absolute Gasteiger partial charge is 0.315 e. The van der Waals surface area contributed by atoms with Crippen molar-refractivity contribution in [1.82, 2.24) is 10.6 Å². The van der Waals surface area contributed by atoms with E-state index in [1.807, 2.05) is 31.2 Å². The molecule has 102 valence electrons. The summed E-state index contributed by atoms with van der Waals surface area (Å²) in [7, 11) is 1.64.